The highest BCUT2D eigenvalue weighted by Gasteiger charge is 2.31. The summed E-state index contributed by atoms with van der Waals surface area (Å²) in [4.78, 5) is 24.4. The van der Waals surface area contributed by atoms with Crippen LogP contribution in [0.25, 0.3) is 0 Å². The Hall–Kier alpha value is -2.77. The second kappa shape index (κ2) is 8.28. The first-order valence-corrected chi connectivity index (χ1v) is 8.34. The highest BCUT2D eigenvalue weighted by atomic mass is 19.4. The predicted molar refractivity (Wildman–Crippen MR) is 93.1 cm³/mol. The van der Waals surface area contributed by atoms with E-state index < -0.39 is 30.7 Å². The molecule has 1 aromatic carbocycles. The van der Waals surface area contributed by atoms with Crippen LogP contribution in [0.4, 0.5) is 13.2 Å². The van der Waals surface area contributed by atoms with Gasteiger partial charge in [-0.15, -0.1) is 0 Å². The Morgan fingerprint density at radius 1 is 1.19 bits per heavy atom. The fraction of sp³-hybridized carbons (Fsp3) is 0.368. The van der Waals surface area contributed by atoms with Crippen molar-refractivity contribution in [3.63, 3.8) is 0 Å². The van der Waals surface area contributed by atoms with Crippen molar-refractivity contribution in [2.75, 3.05) is 0 Å². The van der Waals surface area contributed by atoms with Crippen LogP contribution in [0, 0.1) is 13.8 Å². The van der Waals surface area contributed by atoms with E-state index in [1.54, 1.807) is 0 Å². The van der Waals surface area contributed by atoms with Crippen molar-refractivity contribution in [1.29, 1.82) is 0 Å². The lowest BCUT2D eigenvalue weighted by Gasteiger charge is -2.14. The molecule has 0 aliphatic carbocycles. The molecule has 0 saturated heterocycles. The summed E-state index contributed by atoms with van der Waals surface area (Å²) in [6.45, 7) is 3.39. The van der Waals surface area contributed by atoms with Crippen LogP contribution in [0.1, 0.15) is 34.2 Å². The average molecular weight is 382 g/mol. The number of nitrogens with zero attached hydrogens (tertiary/aromatic N) is 1. The summed E-state index contributed by atoms with van der Waals surface area (Å²) >= 11 is 0. The van der Waals surface area contributed by atoms with Crippen molar-refractivity contribution in [3.8, 4) is 0 Å². The zero-order valence-corrected chi connectivity index (χ0v) is 15.3. The Morgan fingerprint density at radius 3 is 2.41 bits per heavy atom. The molecule has 1 N–H and O–H groups in total. The Bertz CT molecular complexity index is 814. The van der Waals surface area contributed by atoms with Gasteiger partial charge in [0, 0.05) is 17.9 Å². The fourth-order valence-corrected chi connectivity index (χ4v) is 2.64. The van der Waals surface area contributed by atoms with Gasteiger partial charge in [-0.2, -0.15) is 13.2 Å². The summed E-state index contributed by atoms with van der Waals surface area (Å²) in [6, 6.07) is 10.5. The number of aromatic nitrogens is 1. The first kappa shape index (κ1) is 20.5. The minimum absolute atomic E-state index is 0.0134. The molecule has 5 nitrogen and oxygen atoms in total. The zero-order valence-electron chi connectivity index (χ0n) is 15.3. The summed E-state index contributed by atoms with van der Waals surface area (Å²) in [5, 5.41) is 2.65. The number of amides is 1. The predicted octanol–water partition coefficient (Wildman–Crippen LogP) is 3.53. The lowest BCUT2D eigenvalue weighted by molar-refractivity contribution is -0.141. The van der Waals surface area contributed by atoms with Crippen LogP contribution in [0.2, 0.25) is 0 Å². The SMILES string of the molecule is Cc1cc(C(=O)OC(C)C(=O)NCc2ccccc2)c(C)n1CC(F)(F)F. The van der Waals surface area contributed by atoms with Crippen LogP contribution in [-0.4, -0.2) is 28.7 Å². The molecular weight excluding hydrogens is 361 g/mol. The van der Waals surface area contributed by atoms with E-state index in [0.29, 0.717) is 0 Å². The molecule has 2 rings (SSSR count). The van der Waals surface area contributed by atoms with Crippen molar-refractivity contribution in [2.24, 2.45) is 0 Å². The van der Waals surface area contributed by atoms with Gasteiger partial charge in [-0.25, -0.2) is 4.79 Å². The first-order chi connectivity index (χ1) is 12.6. The van der Waals surface area contributed by atoms with E-state index in [0.717, 1.165) is 10.1 Å². The zero-order chi connectivity index (χ0) is 20.2. The number of carbonyl (C=O) groups is 2. The number of alkyl halides is 3. The van der Waals surface area contributed by atoms with Gasteiger partial charge >= 0.3 is 12.1 Å². The number of rotatable bonds is 6. The Kier molecular flexibility index (Phi) is 6.30. The molecule has 1 amide bonds. The Labute approximate surface area is 155 Å². The fourth-order valence-electron chi connectivity index (χ4n) is 2.64. The second-order valence-electron chi connectivity index (χ2n) is 6.24. The maximum atomic E-state index is 12.7. The monoisotopic (exact) mass is 382 g/mol. The third-order valence-corrected chi connectivity index (χ3v) is 4.09. The minimum atomic E-state index is -4.40. The van der Waals surface area contributed by atoms with E-state index >= 15 is 0 Å². The number of esters is 1. The van der Waals surface area contributed by atoms with Crippen molar-refractivity contribution < 1.29 is 27.5 Å². The van der Waals surface area contributed by atoms with Crippen LogP contribution in [0.3, 0.4) is 0 Å². The molecule has 0 fully saturated rings. The van der Waals surface area contributed by atoms with Crippen LogP contribution in [-0.2, 0) is 22.6 Å². The van der Waals surface area contributed by atoms with Gasteiger partial charge in [0.25, 0.3) is 5.91 Å². The Morgan fingerprint density at radius 2 is 1.81 bits per heavy atom. The highest BCUT2D eigenvalue weighted by Crippen LogP contribution is 2.23. The van der Waals surface area contributed by atoms with Gasteiger partial charge in [0.2, 0.25) is 0 Å². The molecule has 0 saturated carbocycles. The number of hydrogen-bond acceptors (Lipinski definition) is 3. The first-order valence-electron chi connectivity index (χ1n) is 8.34. The molecule has 0 radical (unpaired) electrons. The molecule has 1 unspecified atom stereocenters. The lowest BCUT2D eigenvalue weighted by atomic mass is 10.2. The van der Waals surface area contributed by atoms with Crippen molar-refractivity contribution in [2.45, 2.75) is 46.1 Å². The van der Waals surface area contributed by atoms with Gasteiger partial charge in [-0.1, -0.05) is 30.3 Å². The molecule has 146 valence electrons. The number of benzene rings is 1. The summed E-state index contributed by atoms with van der Waals surface area (Å²) < 4.78 is 44.1. The van der Waals surface area contributed by atoms with Gasteiger partial charge in [0.1, 0.15) is 6.54 Å². The Balaban J connectivity index is 1.99. The molecule has 1 heterocycles. The van der Waals surface area contributed by atoms with Crippen molar-refractivity contribution in [3.05, 3.63) is 58.9 Å². The molecule has 0 aliphatic rings. The van der Waals surface area contributed by atoms with E-state index in [-0.39, 0.29) is 23.5 Å². The van der Waals surface area contributed by atoms with Crippen LogP contribution < -0.4 is 5.32 Å². The number of hydrogen-bond donors (Lipinski definition) is 1. The second-order valence-corrected chi connectivity index (χ2v) is 6.24. The molecular formula is C19H21F3N2O3. The average Bonchev–Trinajstić information content (AvgIpc) is 2.87. The van der Waals surface area contributed by atoms with E-state index in [1.807, 2.05) is 30.3 Å². The molecule has 1 aromatic heterocycles. The normalized spacial score (nSPS) is 12.5. The number of halogens is 3. The summed E-state index contributed by atoms with van der Waals surface area (Å²) in [7, 11) is 0. The maximum Gasteiger partial charge on any atom is 0.406 e. The van der Waals surface area contributed by atoms with Gasteiger partial charge in [0.05, 0.1) is 5.56 Å². The van der Waals surface area contributed by atoms with Gasteiger partial charge < -0.3 is 14.6 Å². The van der Waals surface area contributed by atoms with Crippen molar-refractivity contribution >= 4 is 11.9 Å². The van der Waals surface area contributed by atoms with Gasteiger partial charge in [-0.3, -0.25) is 4.79 Å². The van der Waals surface area contributed by atoms with E-state index in [2.05, 4.69) is 5.32 Å². The van der Waals surface area contributed by atoms with Crippen molar-refractivity contribution in [1.82, 2.24) is 9.88 Å². The topological polar surface area (TPSA) is 60.3 Å². The van der Waals surface area contributed by atoms with E-state index in [9.17, 15) is 22.8 Å². The van der Waals surface area contributed by atoms with E-state index in [4.69, 9.17) is 4.74 Å². The quantitative estimate of drug-likeness (QED) is 0.778. The smallest absolute Gasteiger partial charge is 0.406 e. The number of carbonyl (C=O) groups excluding carboxylic acids is 2. The highest BCUT2D eigenvalue weighted by molar-refractivity contribution is 5.93. The third kappa shape index (κ3) is 5.60. The molecule has 27 heavy (non-hydrogen) atoms. The molecule has 2 aromatic rings. The standard InChI is InChI=1S/C19H21F3N2O3/c1-12-9-16(13(2)24(12)11-19(20,21)22)18(26)27-14(3)17(25)23-10-15-7-5-4-6-8-15/h4-9,14H,10-11H2,1-3H3,(H,23,25). The lowest BCUT2D eigenvalue weighted by Crippen LogP contribution is -2.35. The van der Waals surface area contributed by atoms with Crippen LogP contribution in [0.5, 0.6) is 0 Å². The van der Waals surface area contributed by atoms with Gasteiger partial charge in [-0.05, 0) is 32.4 Å². The summed E-state index contributed by atoms with van der Waals surface area (Å²) in [5.41, 5.74) is 1.34. The van der Waals surface area contributed by atoms with Gasteiger partial charge in [0.15, 0.2) is 6.10 Å². The number of ether oxygens (including phenoxy) is 1. The molecule has 0 spiro atoms. The molecule has 0 aliphatic heterocycles. The number of aryl methyl sites for hydroxylation is 1. The maximum absolute atomic E-state index is 12.7. The van der Waals surface area contributed by atoms with Crippen LogP contribution in [0.15, 0.2) is 36.4 Å². The third-order valence-electron chi connectivity index (χ3n) is 4.09. The summed E-state index contributed by atoms with van der Waals surface area (Å²) in [6.07, 6.45) is -5.48. The van der Waals surface area contributed by atoms with Crippen LogP contribution >= 0.6 is 0 Å². The minimum Gasteiger partial charge on any atom is -0.449 e. The number of nitrogens with one attached hydrogen (secondary N) is 1. The molecule has 0 bridgehead atoms. The molecule has 8 heteroatoms. The largest absolute Gasteiger partial charge is 0.449 e. The summed E-state index contributed by atoms with van der Waals surface area (Å²) in [5.74, 6) is -1.32. The van der Waals surface area contributed by atoms with E-state index in [1.165, 1.54) is 26.8 Å². The molecule has 1 atom stereocenters.